The molecule has 0 spiro atoms. The molecule has 0 aromatic carbocycles. The summed E-state index contributed by atoms with van der Waals surface area (Å²) in [5, 5.41) is 4.19. The average molecular weight is 469 g/mol. The van der Waals surface area contributed by atoms with E-state index in [4.69, 9.17) is 11.6 Å². The van der Waals surface area contributed by atoms with Gasteiger partial charge in [0.05, 0.1) is 0 Å². The smallest absolute Gasteiger partial charge is 0.0336 e. The highest BCUT2D eigenvalue weighted by Crippen LogP contribution is 2.48. The molecule has 2 saturated carbocycles. The van der Waals surface area contributed by atoms with Crippen molar-refractivity contribution in [3.63, 3.8) is 0 Å². The Morgan fingerprint density at radius 3 is 2.53 bits per heavy atom. The monoisotopic (exact) mass is 468 g/mol. The van der Waals surface area contributed by atoms with Gasteiger partial charge in [0.2, 0.25) is 0 Å². The van der Waals surface area contributed by atoms with Crippen LogP contribution in [0.25, 0.3) is 0 Å². The molecule has 0 aromatic rings. The third-order valence-corrected chi connectivity index (χ3v) is 9.03. The van der Waals surface area contributed by atoms with Gasteiger partial charge >= 0.3 is 0 Å². The molecule has 0 aromatic heterocycles. The van der Waals surface area contributed by atoms with E-state index < -0.39 is 0 Å². The summed E-state index contributed by atoms with van der Waals surface area (Å²) in [7, 11) is 0. The van der Waals surface area contributed by atoms with E-state index in [-0.39, 0.29) is 0 Å². The van der Waals surface area contributed by atoms with Crippen LogP contribution in [0.1, 0.15) is 118 Å². The molecule has 2 aliphatic carbocycles. The fraction of sp³-hybridized carbons (Fsp3) is 1.00. The molecular formula is C29H57ClN2. The molecule has 0 bridgehead atoms. The topological polar surface area (TPSA) is 15.3 Å². The lowest BCUT2D eigenvalue weighted by Gasteiger charge is -2.46. The van der Waals surface area contributed by atoms with Crippen LogP contribution in [0.15, 0.2) is 0 Å². The second kappa shape index (κ2) is 15.3. The van der Waals surface area contributed by atoms with Crippen LogP contribution in [0.5, 0.6) is 0 Å². The fourth-order valence-electron chi connectivity index (χ4n) is 6.81. The molecule has 2 fully saturated rings. The normalized spacial score (nSPS) is 29.7. The van der Waals surface area contributed by atoms with Crippen LogP contribution >= 0.6 is 11.6 Å². The Bertz CT molecular complexity index is 480. The van der Waals surface area contributed by atoms with Gasteiger partial charge in [-0.1, -0.05) is 60.3 Å². The SMILES string of the molecule is CCCC(C)CCCNCCN(CCC)CC1CC(C)(C)CC[C@@H]1C1CCCC(Cl)CC1. The van der Waals surface area contributed by atoms with Crippen molar-refractivity contribution in [1.29, 1.82) is 0 Å². The van der Waals surface area contributed by atoms with E-state index in [9.17, 15) is 0 Å². The molecule has 0 amide bonds. The van der Waals surface area contributed by atoms with Gasteiger partial charge in [-0.3, -0.25) is 0 Å². The summed E-state index contributed by atoms with van der Waals surface area (Å²) in [6.45, 7) is 18.2. The molecule has 190 valence electrons. The predicted molar refractivity (Wildman–Crippen MR) is 144 cm³/mol. The molecule has 32 heavy (non-hydrogen) atoms. The van der Waals surface area contributed by atoms with Crippen molar-refractivity contribution in [1.82, 2.24) is 10.2 Å². The third kappa shape index (κ3) is 10.6. The van der Waals surface area contributed by atoms with Gasteiger partial charge in [-0.05, 0) is 100.0 Å². The highest BCUT2D eigenvalue weighted by Gasteiger charge is 2.39. The Kier molecular flexibility index (Phi) is 13.6. The summed E-state index contributed by atoms with van der Waals surface area (Å²) >= 11 is 6.54. The lowest BCUT2D eigenvalue weighted by atomic mass is 9.62. The molecule has 0 heterocycles. The Labute approximate surface area is 207 Å². The van der Waals surface area contributed by atoms with Crippen molar-refractivity contribution in [3.05, 3.63) is 0 Å². The zero-order chi connectivity index (χ0) is 23.4. The number of alkyl halides is 1. The van der Waals surface area contributed by atoms with Crippen LogP contribution in [-0.4, -0.2) is 43.0 Å². The molecule has 1 N–H and O–H groups in total. The first kappa shape index (κ1) is 28.4. The Hall–Kier alpha value is 0.210. The standard InChI is InChI=1S/C29H57ClN2/c1-6-10-24(3)11-9-18-31-19-21-32(20-7-2)23-26-22-29(4,5)17-16-28(26)25-12-8-13-27(30)15-14-25/h24-28,31H,6-23H2,1-5H3/t24?,25?,26?,27?,28-/m1/s1. The molecule has 0 radical (unpaired) electrons. The van der Waals surface area contributed by atoms with Crippen molar-refractivity contribution < 1.29 is 0 Å². The first-order chi connectivity index (χ1) is 15.3. The van der Waals surface area contributed by atoms with Crippen LogP contribution in [0.3, 0.4) is 0 Å². The lowest BCUT2D eigenvalue weighted by Crippen LogP contribution is -2.43. The van der Waals surface area contributed by atoms with E-state index in [0.29, 0.717) is 10.8 Å². The van der Waals surface area contributed by atoms with Gasteiger partial charge in [-0.15, -0.1) is 11.6 Å². The van der Waals surface area contributed by atoms with Crippen molar-refractivity contribution in [3.8, 4) is 0 Å². The minimum atomic E-state index is 0.436. The molecule has 0 saturated heterocycles. The summed E-state index contributed by atoms with van der Waals surface area (Å²) in [5.41, 5.74) is 0.520. The largest absolute Gasteiger partial charge is 0.315 e. The van der Waals surface area contributed by atoms with Gasteiger partial charge in [-0.2, -0.15) is 0 Å². The number of rotatable bonds is 14. The second-order valence-corrected chi connectivity index (χ2v) is 12.9. The van der Waals surface area contributed by atoms with Gasteiger partial charge in [0.15, 0.2) is 0 Å². The maximum atomic E-state index is 6.54. The van der Waals surface area contributed by atoms with Crippen molar-refractivity contribution in [2.45, 2.75) is 123 Å². The van der Waals surface area contributed by atoms with Crippen LogP contribution < -0.4 is 5.32 Å². The highest BCUT2D eigenvalue weighted by molar-refractivity contribution is 6.20. The molecule has 2 nitrogen and oxygen atoms in total. The van der Waals surface area contributed by atoms with Gasteiger partial charge in [0.25, 0.3) is 0 Å². The first-order valence-corrected chi connectivity index (χ1v) is 14.9. The van der Waals surface area contributed by atoms with E-state index in [1.807, 2.05) is 0 Å². The van der Waals surface area contributed by atoms with Crippen LogP contribution in [0.2, 0.25) is 0 Å². The van der Waals surface area contributed by atoms with E-state index in [0.717, 1.165) is 30.2 Å². The molecule has 2 aliphatic rings. The minimum absolute atomic E-state index is 0.436. The van der Waals surface area contributed by atoms with Crippen molar-refractivity contribution in [2.75, 3.05) is 32.7 Å². The van der Waals surface area contributed by atoms with E-state index in [2.05, 4.69) is 44.8 Å². The highest BCUT2D eigenvalue weighted by atomic mass is 35.5. The first-order valence-electron chi connectivity index (χ1n) is 14.4. The summed E-state index contributed by atoms with van der Waals surface area (Å²) in [6, 6.07) is 0. The van der Waals surface area contributed by atoms with Crippen LogP contribution in [0.4, 0.5) is 0 Å². The van der Waals surface area contributed by atoms with E-state index in [1.165, 1.54) is 110 Å². The number of hydrogen-bond donors (Lipinski definition) is 1. The van der Waals surface area contributed by atoms with Gasteiger partial charge < -0.3 is 10.2 Å². The number of nitrogens with zero attached hydrogens (tertiary/aromatic N) is 1. The Morgan fingerprint density at radius 1 is 0.969 bits per heavy atom. The van der Waals surface area contributed by atoms with Crippen molar-refractivity contribution >= 4 is 11.6 Å². The zero-order valence-electron chi connectivity index (χ0n) is 22.4. The maximum absolute atomic E-state index is 6.54. The Balaban J connectivity index is 1.84. The molecular weight excluding hydrogens is 412 g/mol. The third-order valence-electron chi connectivity index (χ3n) is 8.59. The predicted octanol–water partition coefficient (Wildman–Crippen LogP) is 8.13. The number of nitrogens with one attached hydrogen (secondary N) is 1. The number of hydrogen-bond acceptors (Lipinski definition) is 2. The fourth-order valence-corrected chi connectivity index (χ4v) is 7.09. The van der Waals surface area contributed by atoms with Crippen LogP contribution in [0, 0.1) is 29.1 Å². The van der Waals surface area contributed by atoms with E-state index in [1.54, 1.807) is 0 Å². The molecule has 4 unspecified atom stereocenters. The molecule has 3 heteroatoms. The van der Waals surface area contributed by atoms with Crippen molar-refractivity contribution in [2.24, 2.45) is 29.1 Å². The average Bonchev–Trinajstić information content (AvgIpc) is 2.95. The second-order valence-electron chi connectivity index (χ2n) is 12.3. The van der Waals surface area contributed by atoms with Gasteiger partial charge in [0, 0.05) is 25.0 Å². The number of halogens is 1. The molecule has 5 atom stereocenters. The quantitative estimate of drug-likeness (QED) is 0.157. The van der Waals surface area contributed by atoms with Crippen LogP contribution in [-0.2, 0) is 0 Å². The summed E-state index contributed by atoms with van der Waals surface area (Å²) in [5.74, 6) is 3.61. The van der Waals surface area contributed by atoms with E-state index >= 15 is 0 Å². The zero-order valence-corrected chi connectivity index (χ0v) is 23.2. The van der Waals surface area contributed by atoms with Gasteiger partial charge in [-0.25, -0.2) is 0 Å². The maximum Gasteiger partial charge on any atom is 0.0336 e. The summed E-state index contributed by atoms with van der Waals surface area (Å²) < 4.78 is 0. The Morgan fingerprint density at radius 2 is 1.78 bits per heavy atom. The molecule has 2 rings (SSSR count). The summed E-state index contributed by atoms with van der Waals surface area (Å²) in [4.78, 5) is 2.80. The van der Waals surface area contributed by atoms with Gasteiger partial charge in [0.1, 0.15) is 0 Å². The molecule has 0 aliphatic heterocycles. The minimum Gasteiger partial charge on any atom is -0.315 e. The lowest BCUT2D eigenvalue weighted by molar-refractivity contribution is 0.0455. The summed E-state index contributed by atoms with van der Waals surface area (Å²) in [6.07, 6.45) is 17.6.